The lowest BCUT2D eigenvalue weighted by Gasteiger charge is -2.34. The Balaban J connectivity index is 1.29. The molecule has 0 aliphatic carbocycles. The van der Waals surface area contributed by atoms with Crippen LogP contribution in [-0.2, 0) is 21.2 Å². The van der Waals surface area contributed by atoms with E-state index in [0.717, 1.165) is 36.0 Å². The van der Waals surface area contributed by atoms with Crippen LogP contribution in [0.25, 0.3) is 11.1 Å². The monoisotopic (exact) mass is 468 g/mol. The molecule has 2 heterocycles. The number of thiophene rings is 1. The van der Waals surface area contributed by atoms with Crippen LogP contribution in [0.15, 0.2) is 76.3 Å². The predicted octanol–water partition coefficient (Wildman–Crippen LogP) is 4.71. The quantitative estimate of drug-likeness (QED) is 0.521. The Kier molecular flexibility index (Phi) is 7.40. The largest absolute Gasteiger partial charge is 0.356 e. The number of sulfonamides is 1. The molecule has 1 aromatic heterocycles. The molecule has 4 rings (SSSR count). The van der Waals surface area contributed by atoms with E-state index in [2.05, 4.69) is 17.4 Å². The SMILES string of the molecule is O=C(Cc1ccc(-c2ccccc2)cc1)NCCC1CCCCN1S(=O)(=O)c1cccs1. The third-order valence-electron chi connectivity index (χ3n) is 5.86. The molecule has 0 bridgehead atoms. The Bertz CT molecular complexity index is 1110. The zero-order valence-electron chi connectivity index (χ0n) is 17.9. The number of rotatable bonds is 8. The van der Waals surface area contributed by atoms with Crippen molar-refractivity contribution in [2.45, 2.75) is 42.4 Å². The molecule has 0 saturated carbocycles. The van der Waals surface area contributed by atoms with Gasteiger partial charge in [0.2, 0.25) is 5.91 Å². The summed E-state index contributed by atoms with van der Waals surface area (Å²) in [6.07, 6.45) is 3.68. The first-order valence-electron chi connectivity index (χ1n) is 11.0. The van der Waals surface area contributed by atoms with Crippen molar-refractivity contribution in [3.05, 3.63) is 77.7 Å². The van der Waals surface area contributed by atoms with E-state index in [-0.39, 0.29) is 11.9 Å². The van der Waals surface area contributed by atoms with Gasteiger partial charge in [-0.3, -0.25) is 4.79 Å². The van der Waals surface area contributed by atoms with Gasteiger partial charge >= 0.3 is 0 Å². The Labute approximate surface area is 194 Å². The molecule has 1 N–H and O–H groups in total. The molecule has 168 valence electrons. The first-order valence-corrected chi connectivity index (χ1v) is 13.3. The molecule has 2 aromatic carbocycles. The second-order valence-corrected chi connectivity index (χ2v) is 11.1. The van der Waals surface area contributed by atoms with Crippen LogP contribution < -0.4 is 5.32 Å². The van der Waals surface area contributed by atoms with E-state index >= 15 is 0 Å². The molecule has 32 heavy (non-hydrogen) atoms. The van der Waals surface area contributed by atoms with Gasteiger partial charge < -0.3 is 5.32 Å². The maximum absolute atomic E-state index is 13.0. The molecule has 0 spiro atoms. The summed E-state index contributed by atoms with van der Waals surface area (Å²) >= 11 is 1.26. The van der Waals surface area contributed by atoms with Crippen LogP contribution in [0, 0.1) is 0 Å². The molecule has 5 nitrogen and oxygen atoms in total. The van der Waals surface area contributed by atoms with Crippen LogP contribution in [0.4, 0.5) is 0 Å². The van der Waals surface area contributed by atoms with Crippen LogP contribution >= 0.6 is 11.3 Å². The maximum Gasteiger partial charge on any atom is 0.252 e. The molecule has 1 unspecified atom stereocenters. The lowest BCUT2D eigenvalue weighted by molar-refractivity contribution is -0.120. The van der Waals surface area contributed by atoms with Gasteiger partial charge in [-0.25, -0.2) is 8.42 Å². The summed E-state index contributed by atoms with van der Waals surface area (Å²) in [7, 11) is -3.45. The highest BCUT2D eigenvalue weighted by molar-refractivity contribution is 7.91. The molecule has 1 fully saturated rings. The van der Waals surface area contributed by atoms with Gasteiger partial charge in [0.15, 0.2) is 0 Å². The number of hydrogen-bond donors (Lipinski definition) is 1. The fourth-order valence-electron chi connectivity index (χ4n) is 4.18. The van der Waals surface area contributed by atoms with E-state index in [1.807, 2.05) is 42.5 Å². The van der Waals surface area contributed by atoms with Gasteiger partial charge in [-0.1, -0.05) is 67.1 Å². The van der Waals surface area contributed by atoms with Crippen molar-refractivity contribution in [1.82, 2.24) is 9.62 Å². The van der Waals surface area contributed by atoms with Gasteiger partial charge in [-0.2, -0.15) is 4.31 Å². The van der Waals surface area contributed by atoms with Crippen LogP contribution in [0.5, 0.6) is 0 Å². The van der Waals surface area contributed by atoms with E-state index in [0.29, 0.717) is 30.1 Å². The zero-order chi connectivity index (χ0) is 22.4. The van der Waals surface area contributed by atoms with Crippen molar-refractivity contribution in [2.24, 2.45) is 0 Å². The smallest absolute Gasteiger partial charge is 0.252 e. The normalized spacial score (nSPS) is 17.2. The molecule has 1 aliphatic rings. The third kappa shape index (κ3) is 5.46. The van der Waals surface area contributed by atoms with Crippen molar-refractivity contribution in [2.75, 3.05) is 13.1 Å². The number of carbonyl (C=O) groups excluding carboxylic acids is 1. The molecule has 1 amide bonds. The Morgan fingerprint density at radius 2 is 1.72 bits per heavy atom. The van der Waals surface area contributed by atoms with E-state index in [4.69, 9.17) is 0 Å². The van der Waals surface area contributed by atoms with Gasteiger partial charge in [0, 0.05) is 19.1 Å². The van der Waals surface area contributed by atoms with Crippen molar-refractivity contribution in [1.29, 1.82) is 0 Å². The maximum atomic E-state index is 13.0. The second kappa shape index (κ2) is 10.4. The molecule has 1 atom stereocenters. The second-order valence-electron chi connectivity index (χ2n) is 8.08. The summed E-state index contributed by atoms with van der Waals surface area (Å²) in [4.78, 5) is 12.4. The molecular weight excluding hydrogens is 440 g/mol. The van der Waals surface area contributed by atoms with Gasteiger partial charge in [-0.15, -0.1) is 11.3 Å². The van der Waals surface area contributed by atoms with Crippen molar-refractivity contribution in [3.8, 4) is 11.1 Å². The molecular formula is C25H28N2O3S2. The Morgan fingerprint density at radius 1 is 0.969 bits per heavy atom. The van der Waals surface area contributed by atoms with Gasteiger partial charge in [0.05, 0.1) is 6.42 Å². The number of amides is 1. The Hall–Kier alpha value is -2.48. The van der Waals surface area contributed by atoms with Crippen molar-refractivity contribution < 1.29 is 13.2 Å². The van der Waals surface area contributed by atoms with Crippen LogP contribution in [0.1, 0.15) is 31.2 Å². The minimum Gasteiger partial charge on any atom is -0.356 e. The van der Waals surface area contributed by atoms with E-state index in [9.17, 15) is 13.2 Å². The number of benzene rings is 2. The average Bonchev–Trinajstić information content (AvgIpc) is 3.37. The lowest BCUT2D eigenvalue weighted by Crippen LogP contribution is -2.45. The van der Waals surface area contributed by atoms with E-state index in [1.54, 1.807) is 21.8 Å². The Morgan fingerprint density at radius 3 is 2.44 bits per heavy atom. The third-order valence-corrected chi connectivity index (χ3v) is 9.18. The van der Waals surface area contributed by atoms with Crippen LogP contribution in [-0.4, -0.2) is 37.8 Å². The number of hydrogen-bond acceptors (Lipinski definition) is 4. The summed E-state index contributed by atoms with van der Waals surface area (Å²) in [5, 5.41) is 4.76. The van der Waals surface area contributed by atoms with Crippen molar-refractivity contribution >= 4 is 27.3 Å². The predicted molar refractivity (Wildman–Crippen MR) is 129 cm³/mol. The topological polar surface area (TPSA) is 66.5 Å². The number of piperidine rings is 1. The average molecular weight is 469 g/mol. The summed E-state index contributed by atoms with van der Waals surface area (Å²) in [5.74, 6) is -0.0408. The summed E-state index contributed by atoms with van der Waals surface area (Å²) in [6.45, 7) is 1.02. The summed E-state index contributed by atoms with van der Waals surface area (Å²) in [6, 6.07) is 21.5. The fourth-order valence-corrected chi connectivity index (χ4v) is 7.02. The van der Waals surface area contributed by atoms with Crippen LogP contribution in [0.2, 0.25) is 0 Å². The molecule has 0 radical (unpaired) electrons. The molecule has 3 aromatic rings. The van der Waals surface area contributed by atoms with Crippen molar-refractivity contribution in [3.63, 3.8) is 0 Å². The van der Waals surface area contributed by atoms with Gasteiger partial charge in [0.25, 0.3) is 10.0 Å². The standard InChI is InChI=1S/C25H28N2O3S2/c28-24(19-20-11-13-22(14-12-20)21-7-2-1-3-8-21)26-16-15-23-9-4-5-17-27(23)32(29,30)25-10-6-18-31-25/h1-3,6-8,10-14,18,23H,4-5,9,15-17,19H2,(H,26,28). The highest BCUT2D eigenvalue weighted by atomic mass is 32.2. The first kappa shape index (κ1) is 22.7. The first-order chi connectivity index (χ1) is 15.5. The zero-order valence-corrected chi connectivity index (χ0v) is 19.6. The minimum atomic E-state index is -3.45. The fraction of sp³-hybridized carbons (Fsp3) is 0.320. The van der Waals surface area contributed by atoms with E-state index < -0.39 is 10.0 Å². The summed E-state index contributed by atoms with van der Waals surface area (Å²) in [5.41, 5.74) is 3.24. The highest BCUT2D eigenvalue weighted by Crippen LogP contribution is 2.29. The molecule has 7 heteroatoms. The highest BCUT2D eigenvalue weighted by Gasteiger charge is 2.33. The minimum absolute atomic E-state index is 0.0408. The number of nitrogens with zero attached hydrogens (tertiary/aromatic N) is 1. The number of carbonyl (C=O) groups is 1. The number of nitrogens with one attached hydrogen (secondary N) is 1. The van der Waals surface area contributed by atoms with Gasteiger partial charge in [0.1, 0.15) is 4.21 Å². The van der Waals surface area contributed by atoms with Crippen LogP contribution in [0.3, 0.4) is 0 Å². The van der Waals surface area contributed by atoms with E-state index in [1.165, 1.54) is 11.3 Å². The molecule has 1 saturated heterocycles. The lowest BCUT2D eigenvalue weighted by atomic mass is 10.0. The van der Waals surface area contributed by atoms with Gasteiger partial charge in [-0.05, 0) is 47.4 Å². The molecule has 1 aliphatic heterocycles. The summed E-state index contributed by atoms with van der Waals surface area (Å²) < 4.78 is 28.0.